The Morgan fingerprint density at radius 1 is 1.12 bits per heavy atom. The lowest BCUT2D eigenvalue weighted by molar-refractivity contribution is -0.148. The highest BCUT2D eigenvalue weighted by molar-refractivity contribution is 5.86. The molecule has 4 heteroatoms. The van der Waals surface area contributed by atoms with E-state index in [1.807, 2.05) is 30.3 Å². The van der Waals surface area contributed by atoms with Crippen molar-refractivity contribution in [1.82, 2.24) is 5.32 Å². The van der Waals surface area contributed by atoms with Crippen molar-refractivity contribution in [1.29, 1.82) is 0 Å². The fourth-order valence-corrected chi connectivity index (χ4v) is 3.62. The summed E-state index contributed by atoms with van der Waals surface area (Å²) in [6.45, 7) is 6.61. The molecule has 0 radical (unpaired) electrons. The Hall–Kier alpha value is -1.84. The van der Waals surface area contributed by atoms with Crippen LogP contribution in [0.2, 0.25) is 0 Å². The van der Waals surface area contributed by atoms with Crippen molar-refractivity contribution in [2.75, 3.05) is 6.61 Å². The molecule has 1 amide bonds. The Bertz CT molecular complexity index is 548. The van der Waals surface area contributed by atoms with Crippen molar-refractivity contribution in [3.63, 3.8) is 0 Å². The number of hydrogen-bond donors (Lipinski definition) is 1. The van der Waals surface area contributed by atoms with Crippen LogP contribution in [0.5, 0.6) is 0 Å². The van der Waals surface area contributed by atoms with Crippen molar-refractivity contribution < 1.29 is 14.3 Å². The van der Waals surface area contributed by atoms with Crippen molar-refractivity contribution in [3.05, 3.63) is 35.9 Å². The lowest BCUT2D eigenvalue weighted by Crippen LogP contribution is -2.46. The van der Waals surface area contributed by atoms with Gasteiger partial charge in [0, 0.05) is 12.3 Å². The van der Waals surface area contributed by atoms with Gasteiger partial charge < -0.3 is 10.1 Å². The summed E-state index contributed by atoms with van der Waals surface area (Å²) in [6.07, 6.45) is 4.48. The van der Waals surface area contributed by atoms with Crippen molar-refractivity contribution in [3.8, 4) is 0 Å². The van der Waals surface area contributed by atoms with E-state index in [1.165, 1.54) is 0 Å². The number of rotatable bonds is 7. The average Bonchev–Trinajstić information content (AvgIpc) is 2.62. The lowest BCUT2D eigenvalue weighted by Gasteiger charge is -2.31. The minimum Gasteiger partial charge on any atom is -0.464 e. The monoisotopic (exact) mass is 345 g/mol. The molecule has 1 unspecified atom stereocenters. The van der Waals surface area contributed by atoms with Gasteiger partial charge in [0.15, 0.2) is 0 Å². The molecule has 1 aromatic carbocycles. The zero-order chi connectivity index (χ0) is 18.2. The van der Waals surface area contributed by atoms with Crippen LogP contribution in [0.1, 0.15) is 52.0 Å². The summed E-state index contributed by atoms with van der Waals surface area (Å²) < 4.78 is 5.16. The summed E-state index contributed by atoms with van der Waals surface area (Å²) in [5.41, 5.74) is 1.02. The van der Waals surface area contributed by atoms with Crippen LogP contribution in [0.15, 0.2) is 30.3 Å². The van der Waals surface area contributed by atoms with Gasteiger partial charge in [-0.1, -0.05) is 44.2 Å². The van der Waals surface area contributed by atoms with Gasteiger partial charge in [-0.3, -0.25) is 4.79 Å². The average molecular weight is 345 g/mol. The molecule has 1 aliphatic carbocycles. The van der Waals surface area contributed by atoms with Crippen LogP contribution in [0.4, 0.5) is 0 Å². The number of carbonyl (C=O) groups is 2. The van der Waals surface area contributed by atoms with Crippen LogP contribution in [-0.4, -0.2) is 24.5 Å². The van der Waals surface area contributed by atoms with E-state index < -0.39 is 6.04 Å². The van der Waals surface area contributed by atoms with Gasteiger partial charge >= 0.3 is 5.97 Å². The normalized spacial score (nSPS) is 21.6. The molecule has 25 heavy (non-hydrogen) atoms. The minimum absolute atomic E-state index is 0.00353. The highest BCUT2D eigenvalue weighted by Crippen LogP contribution is 2.33. The fraction of sp³-hybridized carbons (Fsp3) is 0.619. The maximum absolute atomic E-state index is 12.7. The van der Waals surface area contributed by atoms with Gasteiger partial charge in [0.05, 0.1) is 6.61 Å². The molecule has 0 saturated heterocycles. The molecule has 0 aliphatic heterocycles. The summed E-state index contributed by atoms with van der Waals surface area (Å²) >= 11 is 0. The molecule has 1 aromatic rings. The van der Waals surface area contributed by atoms with Crippen LogP contribution >= 0.6 is 0 Å². The van der Waals surface area contributed by atoms with E-state index in [1.54, 1.807) is 6.92 Å². The van der Waals surface area contributed by atoms with E-state index in [0.717, 1.165) is 31.2 Å². The third-order valence-electron chi connectivity index (χ3n) is 5.26. The van der Waals surface area contributed by atoms with Gasteiger partial charge in [-0.15, -0.1) is 0 Å². The third kappa shape index (κ3) is 5.87. The largest absolute Gasteiger partial charge is 0.464 e. The highest BCUT2D eigenvalue weighted by atomic mass is 16.5. The zero-order valence-electron chi connectivity index (χ0n) is 15.7. The number of hydrogen-bond acceptors (Lipinski definition) is 3. The first-order valence-corrected chi connectivity index (χ1v) is 9.52. The fourth-order valence-electron chi connectivity index (χ4n) is 3.62. The van der Waals surface area contributed by atoms with Gasteiger partial charge in [0.1, 0.15) is 6.04 Å². The summed E-state index contributed by atoms with van der Waals surface area (Å²) in [6, 6.07) is 9.13. The van der Waals surface area contributed by atoms with Crippen LogP contribution in [0.25, 0.3) is 0 Å². The quantitative estimate of drug-likeness (QED) is 0.766. The van der Waals surface area contributed by atoms with Crippen molar-refractivity contribution >= 4 is 11.9 Å². The molecular weight excluding hydrogens is 314 g/mol. The first-order chi connectivity index (χ1) is 12.0. The maximum atomic E-state index is 12.7. The Morgan fingerprint density at radius 3 is 2.32 bits per heavy atom. The van der Waals surface area contributed by atoms with E-state index in [0.29, 0.717) is 24.9 Å². The molecule has 1 aliphatic rings. The maximum Gasteiger partial charge on any atom is 0.328 e. The number of amides is 1. The summed E-state index contributed by atoms with van der Waals surface area (Å²) in [5.74, 6) is 1.05. The Labute approximate surface area is 151 Å². The van der Waals surface area contributed by atoms with Crippen LogP contribution in [-0.2, 0) is 20.7 Å². The molecule has 0 spiro atoms. The van der Waals surface area contributed by atoms with Crippen molar-refractivity contribution in [2.24, 2.45) is 17.8 Å². The Balaban J connectivity index is 1.96. The molecule has 1 atom stereocenters. The standard InChI is InChI=1S/C21H31NO3/c1-4-25-21(24)19(14-16-8-6-5-7-9-16)22-20(23)18-12-10-17(11-13-18)15(2)3/h5-9,15,17-19H,4,10-14H2,1-3H3,(H,22,23)/t17-,18-,19?. The molecule has 0 bridgehead atoms. The molecule has 1 fully saturated rings. The molecule has 0 heterocycles. The molecule has 0 aromatic heterocycles. The van der Waals surface area contributed by atoms with Gasteiger partial charge in [-0.05, 0) is 50.0 Å². The third-order valence-corrected chi connectivity index (χ3v) is 5.26. The van der Waals surface area contributed by atoms with E-state index in [2.05, 4.69) is 19.2 Å². The van der Waals surface area contributed by atoms with Gasteiger partial charge in [0.2, 0.25) is 5.91 Å². The zero-order valence-corrected chi connectivity index (χ0v) is 15.7. The second kappa shape index (κ2) is 9.59. The van der Waals surface area contributed by atoms with E-state index >= 15 is 0 Å². The first kappa shape index (κ1) is 19.5. The number of carbonyl (C=O) groups excluding carboxylic acids is 2. The predicted octanol–water partition coefficient (Wildman–Crippen LogP) is 3.74. The topological polar surface area (TPSA) is 55.4 Å². The molecule has 138 valence electrons. The number of esters is 1. The summed E-state index contributed by atoms with van der Waals surface area (Å²) in [7, 11) is 0. The Morgan fingerprint density at radius 2 is 1.76 bits per heavy atom. The smallest absolute Gasteiger partial charge is 0.328 e. The second-order valence-electron chi connectivity index (χ2n) is 7.36. The predicted molar refractivity (Wildman–Crippen MR) is 99.0 cm³/mol. The first-order valence-electron chi connectivity index (χ1n) is 9.52. The van der Waals surface area contributed by atoms with Crippen LogP contribution < -0.4 is 5.32 Å². The molecule has 1 N–H and O–H groups in total. The molecular formula is C21H31NO3. The molecule has 2 rings (SSSR count). The summed E-state index contributed by atoms with van der Waals surface area (Å²) in [4.78, 5) is 24.9. The summed E-state index contributed by atoms with van der Waals surface area (Å²) in [5, 5.41) is 2.95. The minimum atomic E-state index is -0.613. The van der Waals surface area contributed by atoms with E-state index in [9.17, 15) is 9.59 Å². The van der Waals surface area contributed by atoms with Crippen molar-refractivity contribution in [2.45, 2.75) is 58.9 Å². The second-order valence-corrected chi connectivity index (χ2v) is 7.36. The molecule has 1 saturated carbocycles. The molecule has 4 nitrogen and oxygen atoms in total. The lowest BCUT2D eigenvalue weighted by atomic mass is 9.76. The van der Waals surface area contributed by atoms with E-state index in [4.69, 9.17) is 4.74 Å². The van der Waals surface area contributed by atoms with Crippen LogP contribution in [0.3, 0.4) is 0 Å². The van der Waals surface area contributed by atoms with Gasteiger partial charge in [-0.25, -0.2) is 4.79 Å². The SMILES string of the molecule is CCOC(=O)C(Cc1ccccc1)NC(=O)[C@H]1CC[C@H](C(C)C)CC1. The van der Waals surface area contributed by atoms with Gasteiger partial charge in [0.25, 0.3) is 0 Å². The highest BCUT2D eigenvalue weighted by Gasteiger charge is 2.30. The number of ether oxygens (including phenoxy) is 1. The Kier molecular flexibility index (Phi) is 7.48. The van der Waals surface area contributed by atoms with Crippen LogP contribution in [0, 0.1) is 17.8 Å². The number of benzene rings is 1. The van der Waals surface area contributed by atoms with E-state index in [-0.39, 0.29) is 17.8 Å². The van der Waals surface area contributed by atoms with Gasteiger partial charge in [-0.2, -0.15) is 0 Å². The number of nitrogens with one attached hydrogen (secondary N) is 1.